The van der Waals surface area contributed by atoms with Crippen LogP contribution < -0.4 is 10.1 Å². The molecule has 0 radical (unpaired) electrons. The highest BCUT2D eigenvalue weighted by Gasteiger charge is 2.39. The van der Waals surface area contributed by atoms with Crippen molar-refractivity contribution in [2.75, 3.05) is 13.6 Å². The minimum atomic E-state index is -0.258. The van der Waals surface area contributed by atoms with Gasteiger partial charge in [-0.1, -0.05) is 6.07 Å². The molecule has 0 bridgehead atoms. The molecule has 0 unspecified atom stereocenters. The first-order valence-corrected chi connectivity index (χ1v) is 6.25. The highest BCUT2D eigenvalue weighted by Crippen LogP contribution is 2.40. The fourth-order valence-corrected chi connectivity index (χ4v) is 2.25. The molecule has 94 valence electrons. The number of hydrogen-bond acceptors (Lipinski definition) is 2. The Morgan fingerprint density at radius 1 is 1.41 bits per heavy atom. The number of rotatable bonds is 5. The molecule has 17 heavy (non-hydrogen) atoms. The Bertz CT molecular complexity index is 388. The van der Waals surface area contributed by atoms with E-state index in [1.165, 1.54) is 12.5 Å². The molecular weight excluding hydrogens is 217 g/mol. The first-order chi connectivity index (χ1) is 8.15. The molecule has 0 saturated heterocycles. The predicted molar refractivity (Wildman–Crippen MR) is 66.9 cm³/mol. The van der Waals surface area contributed by atoms with Crippen molar-refractivity contribution in [3.05, 3.63) is 29.6 Å². The summed E-state index contributed by atoms with van der Waals surface area (Å²) in [7, 11) is 1.93. The van der Waals surface area contributed by atoms with Gasteiger partial charge >= 0.3 is 0 Å². The van der Waals surface area contributed by atoms with Crippen LogP contribution in [0.1, 0.15) is 31.2 Å². The minimum absolute atomic E-state index is 0.141. The van der Waals surface area contributed by atoms with Gasteiger partial charge in [-0.2, -0.15) is 0 Å². The summed E-state index contributed by atoms with van der Waals surface area (Å²) in [6.07, 6.45) is 4.18. The fourth-order valence-electron chi connectivity index (χ4n) is 2.25. The van der Waals surface area contributed by atoms with E-state index in [2.05, 4.69) is 5.32 Å². The third-order valence-corrected chi connectivity index (χ3v) is 3.51. The number of ether oxygens (including phenoxy) is 1. The highest BCUT2D eigenvalue weighted by atomic mass is 19.1. The molecular formula is C14H20FNO. The lowest BCUT2D eigenvalue weighted by Gasteiger charge is -2.42. The molecule has 1 aliphatic carbocycles. The first kappa shape index (κ1) is 12.4. The number of aryl methyl sites for hydroxylation is 1. The maximum absolute atomic E-state index is 13.6. The smallest absolute Gasteiger partial charge is 0.165 e. The van der Waals surface area contributed by atoms with Crippen molar-refractivity contribution < 1.29 is 9.13 Å². The monoisotopic (exact) mass is 237 g/mol. The maximum atomic E-state index is 13.6. The summed E-state index contributed by atoms with van der Waals surface area (Å²) in [6, 6.07) is 5.03. The van der Waals surface area contributed by atoms with Gasteiger partial charge in [0.2, 0.25) is 0 Å². The second-order valence-corrected chi connectivity index (χ2v) is 4.93. The molecule has 1 aliphatic rings. The van der Waals surface area contributed by atoms with Crippen LogP contribution in [0.3, 0.4) is 0 Å². The van der Waals surface area contributed by atoms with Crippen LogP contribution in [0.4, 0.5) is 4.39 Å². The van der Waals surface area contributed by atoms with Crippen molar-refractivity contribution in [2.24, 2.45) is 0 Å². The van der Waals surface area contributed by atoms with Crippen molar-refractivity contribution in [1.82, 2.24) is 5.32 Å². The molecule has 3 heteroatoms. The van der Waals surface area contributed by atoms with E-state index in [-0.39, 0.29) is 11.4 Å². The van der Waals surface area contributed by atoms with Gasteiger partial charge < -0.3 is 10.1 Å². The molecule has 0 aliphatic heterocycles. The topological polar surface area (TPSA) is 21.3 Å². The lowest BCUT2D eigenvalue weighted by Crippen LogP contribution is -2.45. The Kier molecular flexibility index (Phi) is 3.67. The van der Waals surface area contributed by atoms with E-state index >= 15 is 0 Å². The normalized spacial score (nSPS) is 17.6. The van der Waals surface area contributed by atoms with Gasteiger partial charge in [-0.05, 0) is 63.9 Å². The fraction of sp³-hybridized carbons (Fsp3) is 0.571. The third-order valence-electron chi connectivity index (χ3n) is 3.51. The molecule has 2 nitrogen and oxygen atoms in total. The number of halogens is 1. The van der Waals surface area contributed by atoms with E-state index in [0.717, 1.165) is 31.4 Å². The van der Waals surface area contributed by atoms with E-state index in [0.29, 0.717) is 5.75 Å². The second kappa shape index (κ2) is 5.05. The van der Waals surface area contributed by atoms with Crippen LogP contribution in [0, 0.1) is 12.7 Å². The Hall–Kier alpha value is -1.09. The van der Waals surface area contributed by atoms with Gasteiger partial charge in [-0.15, -0.1) is 0 Å². The minimum Gasteiger partial charge on any atom is -0.484 e. The molecule has 1 N–H and O–H groups in total. The van der Waals surface area contributed by atoms with E-state index in [1.54, 1.807) is 12.1 Å². The molecule has 0 amide bonds. The van der Waals surface area contributed by atoms with Crippen molar-refractivity contribution in [1.29, 1.82) is 0 Å². The van der Waals surface area contributed by atoms with Crippen molar-refractivity contribution in [3.63, 3.8) is 0 Å². The number of nitrogens with one attached hydrogen (secondary N) is 1. The van der Waals surface area contributed by atoms with Crippen LogP contribution in [0.15, 0.2) is 18.2 Å². The zero-order chi connectivity index (χ0) is 12.3. The molecule has 0 atom stereocenters. The molecule has 0 heterocycles. The lowest BCUT2D eigenvalue weighted by atomic mass is 9.77. The summed E-state index contributed by atoms with van der Waals surface area (Å²) in [6.45, 7) is 2.86. The first-order valence-electron chi connectivity index (χ1n) is 6.25. The van der Waals surface area contributed by atoms with Crippen LogP contribution in [0.5, 0.6) is 5.75 Å². The maximum Gasteiger partial charge on any atom is 0.165 e. The Balaban J connectivity index is 2.09. The zero-order valence-electron chi connectivity index (χ0n) is 10.6. The molecule has 1 fully saturated rings. The quantitative estimate of drug-likeness (QED) is 0.850. The van der Waals surface area contributed by atoms with Crippen molar-refractivity contribution >= 4 is 0 Å². The van der Waals surface area contributed by atoms with Crippen LogP contribution in [0.2, 0.25) is 0 Å². The van der Waals surface area contributed by atoms with Crippen molar-refractivity contribution in [2.45, 2.75) is 38.2 Å². The highest BCUT2D eigenvalue weighted by molar-refractivity contribution is 5.30. The number of hydrogen-bond donors (Lipinski definition) is 1. The van der Waals surface area contributed by atoms with E-state index in [4.69, 9.17) is 4.74 Å². The van der Waals surface area contributed by atoms with Gasteiger partial charge in [0.1, 0.15) is 5.60 Å². The molecule has 1 saturated carbocycles. The summed E-state index contributed by atoms with van der Waals surface area (Å²) in [5, 5.41) is 3.13. The average Bonchev–Trinajstić information content (AvgIpc) is 2.26. The van der Waals surface area contributed by atoms with Gasteiger partial charge in [0.15, 0.2) is 11.6 Å². The van der Waals surface area contributed by atoms with E-state index < -0.39 is 0 Å². The summed E-state index contributed by atoms with van der Waals surface area (Å²) in [4.78, 5) is 0. The lowest BCUT2D eigenvalue weighted by molar-refractivity contribution is -0.0168. The molecule has 0 spiro atoms. The number of benzene rings is 1. The van der Waals surface area contributed by atoms with Gasteiger partial charge in [0.05, 0.1) is 0 Å². The van der Waals surface area contributed by atoms with E-state index in [1.807, 2.05) is 14.0 Å². The summed E-state index contributed by atoms with van der Waals surface area (Å²) in [5.74, 6) is 0.145. The molecule has 2 rings (SSSR count). The zero-order valence-corrected chi connectivity index (χ0v) is 10.6. The Morgan fingerprint density at radius 2 is 2.18 bits per heavy atom. The SMILES string of the molecule is CNCCC1(Oc2cc(C)ccc2F)CCC1. The van der Waals surface area contributed by atoms with Crippen LogP contribution in [0.25, 0.3) is 0 Å². The molecule has 0 aromatic heterocycles. The van der Waals surface area contributed by atoms with Crippen LogP contribution >= 0.6 is 0 Å². The summed E-state index contributed by atoms with van der Waals surface area (Å²) < 4.78 is 19.6. The Labute approximate surface area is 102 Å². The van der Waals surface area contributed by atoms with Crippen LogP contribution in [-0.2, 0) is 0 Å². The summed E-state index contributed by atoms with van der Waals surface area (Å²) >= 11 is 0. The average molecular weight is 237 g/mol. The van der Waals surface area contributed by atoms with Gasteiger partial charge in [0, 0.05) is 0 Å². The van der Waals surface area contributed by atoms with Gasteiger partial charge in [-0.3, -0.25) is 0 Å². The van der Waals surface area contributed by atoms with Crippen LogP contribution in [-0.4, -0.2) is 19.2 Å². The standard InChI is InChI=1S/C14H20FNO/c1-11-4-5-12(15)13(10-11)17-14(6-3-7-14)8-9-16-2/h4-5,10,16H,3,6-9H2,1-2H3. The second-order valence-electron chi connectivity index (χ2n) is 4.93. The molecule has 1 aromatic carbocycles. The third kappa shape index (κ3) is 2.78. The summed E-state index contributed by atoms with van der Waals surface area (Å²) in [5.41, 5.74) is 0.891. The van der Waals surface area contributed by atoms with Gasteiger partial charge in [0.25, 0.3) is 0 Å². The largest absolute Gasteiger partial charge is 0.484 e. The van der Waals surface area contributed by atoms with Gasteiger partial charge in [-0.25, -0.2) is 4.39 Å². The Morgan fingerprint density at radius 3 is 2.76 bits per heavy atom. The van der Waals surface area contributed by atoms with Crippen molar-refractivity contribution in [3.8, 4) is 5.75 Å². The van der Waals surface area contributed by atoms with E-state index in [9.17, 15) is 4.39 Å². The predicted octanol–water partition coefficient (Wildman–Crippen LogP) is 3.05. The molecule has 1 aromatic rings.